The quantitative estimate of drug-likeness (QED) is 0.439. The number of amides is 1. The highest BCUT2D eigenvalue weighted by Crippen LogP contribution is 2.42. The molecule has 0 radical (unpaired) electrons. The van der Waals surface area contributed by atoms with E-state index in [1.165, 1.54) is 0 Å². The predicted octanol–water partition coefficient (Wildman–Crippen LogP) is 6.06. The lowest BCUT2D eigenvalue weighted by Gasteiger charge is -2.45. The van der Waals surface area contributed by atoms with Crippen molar-refractivity contribution < 1.29 is 14.6 Å². The van der Waals surface area contributed by atoms with Gasteiger partial charge in [-0.15, -0.1) is 0 Å². The molecule has 4 rings (SSSR count). The normalized spacial score (nSPS) is 19.3. The van der Waals surface area contributed by atoms with E-state index in [0.717, 1.165) is 22.3 Å². The molecule has 1 aliphatic rings. The lowest BCUT2D eigenvalue weighted by atomic mass is 9.80. The standard InChI is InChI=1S/C30H36N2O4/c1-21(2)32-19-25(15-16-27(32)33)24-13-11-23(12-14-24)22(3)31-18-17-30(36-28(31)34,20-29(4,5)35)26-9-7-6-8-10-26/h6-16,19,21-22,35H,17-18,20H2,1-5H3/t22-,30?/m0/s1. The molecule has 2 aromatic carbocycles. The SMILES string of the molecule is CC(C)n1cc(-c2ccc([C@H](C)N3CCC(CC(C)(C)O)(c4ccccc4)OC3=O)cc2)ccc1=O. The van der Waals surface area contributed by atoms with Gasteiger partial charge in [0.25, 0.3) is 5.56 Å². The molecule has 36 heavy (non-hydrogen) atoms. The van der Waals surface area contributed by atoms with Gasteiger partial charge < -0.3 is 19.3 Å². The minimum Gasteiger partial charge on any atom is -0.438 e. The van der Waals surface area contributed by atoms with Gasteiger partial charge in [0.15, 0.2) is 0 Å². The van der Waals surface area contributed by atoms with E-state index < -0.39 is 11.2 Å². The fourth-order valence-electron chi connectivity index (χ4n) is 5.10. The van der Waals surface area contributed by atoms with Gasteiger partial charge in [0.2, 0.25) is 0 Å². The van der Waals surface area contributed by atoms with Crippen molar-refractivity contribution in [2.75, 3.05) is 6.54 Å². The average molecular weight is 489 g/mol. The summed E-state index contributed by atoms with van der Waals surface area (Å²) in [5.74, 6) is 0. The smallest absolute Gasteiger partial charge is 0.411 e. The van der Waals surface area contributed by atoms with Crippen molar-refractivity contribution in [1.82, 2.24) is 9.47 Å². The Morgan fingerprint density at radius 1 is 0.944 bits per heavy atom. The second-order valence-electron chi connectivity index (χ2n) is 10.7. The highest BCUT2D eigenvalue weighted by molar-refractivity contribution is 5.70. The van der Waals surface area contributed by atoms with Crippen LogP contribution >= 0.6 is 0 Å². The lowest BCUT2D eigenvalue weighted by molar-refractivity contribution is -0.101. The van der Waals surface area contributed by atoms with Crippen LogP contribution in [0.3, 0.4) is 0 Å². The Kier molecular flexibility index (Phi) is 7.10. The van der Waals surface area contributed by atoms with E-state index in [4.69, 9.17) is 4.74 Å². The Morgan fingerprint density at radius 2 is 1.58 bits per heavy atom. The highest BCUT2D eigenvalue weighted by atomic mass is 16.6. The maximum Gasteiger partial charge on any atom is 0.411 e. The molecule has 1 aromatic heterocycles. The maximum absolute atomic E-state index is 13.3. The average Bonchev–Trinajstić information content (AvgIpc) is 2.83. The Morgan fingerprint density at radius 3 is 2.17 bits per heavy atom. The molecule has 1 aliphatic heterocycles. The fraction of sp³-hybridized carbons (Fsp3) is 0.400. The summed E-state index contributed by atoms with van der Waals surface area (Å²) < 4.78 is 7.85. The summed E-state index contributed by atoms with van der Waals surface area (Å²) in [6, 6.07) is 21.1. The van der Waals surface area contributed by atoms with E-state index in [2.05, 4.69) is 0 Å². The van der Waals surface area contributed by atoms with E-state index in [0.29, 0.717) is 19.4 Å². The molecule has 2 heterocycles. The first kappa shape index (κ1) is 25.7. The van der Waals surface area contributed by atoms with Crippen LogP contribution in [0.25, 0.3) is 11.1 Å². The number of hydrogen-bond donors (Lipinski definition) is 1. The molecule has 1 fully saturated rings. The number of pyridine rings is 1. The number of ether oxygens (including phenoxy) is 1. The van der Waals surface area contributed by atoms with Gasteiger partial charge in [0.1, 0.15) is 5.60 Å². The number of aliphatic hydroxyl groups is 1. The van der Waals surface area contributed by atoms with Gasteiger partial charge in [-0.2, -0.15) is 0 Å². The first-order valence-corrected chi connectivity index (χ1v) is 12.6. The first-order valence-electron chi connectivity index (χ1n) is 12.6. The van der Waals surface area contributed by atoms with Crippen LogP contribution in [-0.2, 0) is 10.3 Å². The topological polar surface area (TPSA) is 71.8 Å². The predicted molar refractivity (Wildman–Crippen MR) is 142 cm³/mol. The number of carbonyl (C=O) groups excluding carboxylic acids is 1. The van der Waals surface area contributed by atoms with Gasteiger partial charge in [-0.25, -0.2) is 4.79 Å². The van der Waals surface area contributed by atoms with Crippen LogP contribution in [0.2, 0.25) is 0 Å². The van der Waals surface area contributed by atoms with E-state index in [-0.39, 0.29) is 23.7 Å². The Balaban J connectivity index is 1.54. The molecule has 2 atom stereocenters. The van der Waals surface area contributed by atoms with Crippen molar-refractivity contribution in [1.29, 1.82) is 0 Å². The summed E-state index contributed by atoms with van der Waals surface area (Å²) in [7, 11) is 0. The third-order valence-corrected chi connectivity index (χ3v) is 6.98. The third-order valence-electron chi connectivity index (χ3n) is 6.98. The largest absolute Gasteiger partial charge is 0.438 e. The third kappa shape index (κ3) is 5.39. The minimum absolute atomic E-state index is 0.0150. The summed E-state index contributed by atoms with van der Waals surface area (Å²) in [5, 5.41) is 10.6. The van der Waals surface area contributed by atoms with Crippen LogP contribution in [-0.4, -0.2) is 32.8 Å². The summed E-state index contributed by atoms with van der Waals surface area (Å²) >= 11 is 0. The van der Waals surface area contributed by atoms with Gasteiger partial charge >= 0.3 is 6.09 Å². The summed E-state index contributed by atoms with van der Waals surface area (Å²) in [6.45, 7) is 9.99. The van der Waals surface area contributed by atoms with E-state index in [1.54, 1.807) is 29.4 Å². The van der Waals surface area contributed by atoms with E-state index >= 15 is 0 Å². The molecule has 6 nitrogen and oxygen atoms in total. The molecule has 1 saturated heterocycles. The zero-order valence-corrected chi connectivity index (χ0v) is 21.8. The molecule has 1 amide bonds. The molecular formula is C30H36N2O4. The van der Waals surface area contributed by atoms with E-state index in [1.807, 2.05) is 87.6 Å². The number of nitrogens with zero attached hydrogens (tertiary/aromatic N) is 2. The van der Waals surface area contributed by atoms with Gasteiger partial charge in [-0.1, -0.05) is 54.6 Å². The second kappa shape index (κ2) is 9.94. The van der Waals surface area contributed by atoms with Crippen molar-refractivity contribution in [2.24, 2.45) is 0 Å². The van der Waals surface area contributed by atoms with Gasteiger partial charge in [-0.05, 0) is 62.9 Å². The van der Waals surface area contributed by atoms with Crippen LogP contribution in [0, 0.1) is 0 Å². The number of hydrogen-bond acceptors (Lipinski definition) is 4. The van der Waals surface area contributed by atoms with Crippen LogP contribution < -0.4 is 5.56 Å². The summed E-state index contributed by atoms with van der Waals surface area (Å²) in [6.07, 6.45) is 2.42. The Hall–Kier alpha value is -3.38. The maximum atomic E-state index is 13.3. The molecule has 0 aliphatic carbocycles. The van der Waals surface area contributed by atoms with Crippen molar-refractivity contribution >= 4 is 6.09 Å². The zero-order valence-electron chi connectivity index (χ0n) is 21.8. The molecular weight excluding hydrogens is 452 g/mol. The van der Waals surface area contributed by atoms with Crippen LogP contribution in [0.1, 0.15) is 70.7 Å². The molecule has 0 saturated carbocycles. The molecule has 0 bridgehead atoms. The molecule has 190 valence electrons. The highest BCUT2D eigenvalue weighted by Gasteiger charge is 2.46. The number of cyclic esters (lactones) is 1. The number of rotatable bonds is 7. The molecule has 3 aromatic rings. The van der Waals surface area contributed by atoms with Crippen molar-refractivity contribution in [3.63, 3.8) is 0 Å². The van der Waals surface area contributed by atoms with Crippen LogP contribution in [0.15, 0.2) is 77.7 Å². The Bertz CT molecular complexity index is 1260. The van der Waals surface area contributed by atoms with Crippen LogP contribution in [0.4, 0.5) is 4.79 Å². The van der Waals surface area contributed by atoms with Gasteiger partial charge in [0.05, 0.1) is 11.6 Å². The van der Waals surface area contributed by atoms with Crippen molar-refractivity contribution in [3.8, 4) is 11.1 Å². The van der Waals surface area contributed by atoms with E-state index in [9.17, 15) is 14.7 Å². The molecule has 1 unspecified atom stereocenters. The monoisotopic (exact) mass is 488 g/mol. The number of benzene rings is 2. The van der Waals surface area contributed by atoms with Crippen LogP contribution in [0.5, 0.6) is 0 Å². The summed E-state index contributed by atoms with van der Waals surface area (Å²) in [5.41, 5.74) is 2.02. The summed E-state index contributed by atoms with van der Waals surface area (Å²) in [4.78, 5) is 27.2. The second-order valence-corrected chi connectivity index (χ2v) is 10.7. The van der Waals surface area contributed by atoms with Gasteiger partial charge in [-0.3, -0.25) is 4.79 Å². The minimum atomic E-state index is -0.988. The molecule has 1 N–H and O–H groups in total. The fourth-order valence-corrected chi connectivity index (χ4v) is 5.10. The Labute approximate surface area is 213 Å². The molecule has 6 heteroatoms. The molecule has 0 spiro atoms. The lowest BCUT2D eigenvalue weighted by Crippen LogP contribution is -2.51. The number of carbonyl (C=O) groups is 1. The number of aromatic nitrogens is 1. The van der Waals surface area contributed by atoms with Crippen molar-refractivity contribution in [2.45, 2.75) is 70.7 Å². The first-order chi connectivity index (χ1) is 17.0. The zero-order chi connectivity index (χ0) is 26.1. The van der Waals surface area contributed by atoms with Crippen molar-refractivity contribution in [3.05, 3.63) is 94.4 Å². The van der Waals surface area contributed by atoms with Gasteiger partial charge in [0, 0.05) is 37.7 Å².